The van der Waals surface area contributed by atoms with Crippen molar-refractivity contribution in [2.45, 2.75) is 39.3 Å². The second-order valence-corrected chi connectivity index (χ2v) is 7.58. The summed E-state index contributed by atoms with van der Waals surface area (Å²) in [6.45, 7) is 4.53. The van der Waals surface area contributed by atoms with E-state index in [0.717, 1.165) is 23.3 Å². The summed E-state index contributed by atoms with van der Waals surface area (Å²) in [5.41, 5.74) is 1.65. The molecule has 0 spiro atoms. The highest BCUT2D eigenvalue weighted by atomic mass is 35.5. The molecule has 2 aromatic carbocycles. The summed E-state index contributed by atoms with van der Waals surface area (Å²) in [7, 11) is 1.59. The first-order chi connectivity index (χ1) is 13.8. The maximum Gasteiger partial charge on any atom is 0.242 e. The first-order valence-corrected chi connectivity index (χ1v) is 10.2. The topological polar surface area (TPSA) is 58.6 Å². The van der Waals surface area contributed by atoms with E-state index in [-0.39, 0.29) is 24.8 Å². The molecule has 1 atom stereocenters. The number of nitrogens with zero attached hydrogens (tertiary/aromatic N) is 1. The van der Waals surface area contributed by atoms with Gasteiger partial charge in [-0.25, -0.2) is 0 Å². The van der Waals surface area contributed by atoms with Gasteiger partial charge in [-0.05, 0) is 48.7 Å². The highest BCUT2D eigenvalue weighted by Crippen LogP contribution is 2.24. The molecule has 7 heteroatoms. The monoisotopic (exact) mass is 436 g/mol. The van der Waals surface area contributed by atoms with Crippen molar-refractivity contribution in [3.8, 4) is 5.75 Å². The number of hydrogen-bond donors (Lipinski definition) is 1. The number of hydrogen-bond acceptors (Lipinski definition) is 3. The van der Waals surface area contributed by atoms with E-state index < -0.39 is 6.04 Å². The summed E-state index contributed by atoms with van der Waals surface area (Å²) in [4.78, 5) is 27.2. The van der Waals surface area contributed by atoms with Crippen molar-refractivity contribution >= 4 is 35.0 Å². The molecule has 1 N–H and O–H groups in total. The minimum atomic E-state index is -0.623. The normalized spacial score (nSPS) is 11.6. The van der Waals surface area contributed by atoms with E-state index in [0.29, 0.717) is 16.6 Å². The molecule has 0 fully saturated rings. The van der Waals surface area contributed by atoms with E-state index in [9.17, 15) is 9.59 Å². The Morgan fingerprint density at radius 1 is 1.07 bits per heavy atom. The fourth-order valence-corrected chi connectivity index (χ4v) is 3.15. The Morgan fingerprint density at radius 2 is 1.72 bits per heavy atom. The Kier molecular flexibility index (Phi) is 8.80. The van der Waals surface area contributed by atoms with Gasteiger partial charge in [0.15, 0.2) is 0 Å². The molecule has 2 amide bonds. The van der Waals surface area contributed by atoms with Gasteiger partial charge in [0.05, 0.1) is 23.6 Å². The van der Waals surface area contributed by atoms with E-state index in [2.05, 4.69) is 5.32 Å². The third kappa shape index (κ3) is 6.65. The molecule has 156 valence electrons. The number of rotatable bonds is 9. The first kappa shape index (κ1) is 23.0. The maximum atomic E-state index is 13.1. The minimum absolute atomic E-state index is 0.152. The number of nitrogens with one attached hydrogen (secondary N) is 1. The van der Waals surface area contributed by atoms with Gasteiger partial charge in [-0.3, -0.25) is 9.59 Å². The van der Waals surface area contributed by atoms with Crippen LogP contribution < -0.4 is 10.1 Å². The number of halogens is 2. The average molecular weight is 437 g/mol. The smallest absolute Gasteiger partial charge is 0.242 e. The largest absolute Gasteiger partial charge is 0.497 e. The Balaban J connectivity index is 2.22. The number of methoxy groups -OCH3 is 1. The third-order valence-electron chi connectivity index (χ3n) is 4.57. The molecule has 29 heavy (non-hydrogen) atoms. The molecule has 0 bridgehead atoms. The fraction of sp³-hybridized carbons (Fsp3) is 0.364. The number of ether oxygens (including phenoxy) is 1. The molecule has 0 heterocycles. The highest BCUT2D eigenvalue weighted by Gasteiger charge is 2.26. The third-order valence-corrected chi connectivity index (χ3v) is 5.31. The van der Waals surface area contributed by atoms with Crippen LogP contribution in [0.2, 0.25) is 10.0 Å². The quantitative estimate of drug-likeness (QED) is 0.629. The lowest BCUT2D eigenvalue weighted by atomic mass is 10.1. The first-order valence-electron chi connectivity index (χ1n) is 9.49. The molecular weight excluding hydrogens is 411 g/mol. The van der Waals surface area contributed by atoms with Crippen LogP contribution in [-0.4, -0.2) is 36.4 Å². The molecule has 2 rings (SSSR count). The zero-order valence-corrected chi connectivity index (χ0v) is 18.4. The molecule has 2 aromatic rings. The highest BCUT2D eigenvalue weighted by molar-refractivity contribution is 6.42. The molecule has 0 aliphatic rings. The van der Waals surface area contributed by atoms with E-state index in [1.54, 1.807) is 37.1 Å². The number of benzene rings is 2. The zero-order valence-electron chi connectivity index (χ0n) is 16.9. The lowest BCUT2D eigenvalue weighted by molar-refractivity contribution is -0.140. The lowest BCUT2D eigenvalue weighted by Crippen LogP contribution is -2.48. The van der Waals surface area contributed by atoms with Crippen molar-refractivity contribution in [3.05, 3.63) is 63.6 Å². The van der Waals surface area contributed by atoms with Crippen molar-refractivity contribution in [2.75, 3.05) is 13.7 Å². The number of carbonyl (C=O) groups excluding carboxylic acids is 2. The van der Waals surface area contributed by atoms with Crippen molar-refractivity contribution in [2.24, 2.45) is 0 Å². The van der Waals surface area contributed by atoms with Gasteiger partial charge in [-0.1, -0.05) is 48.3 Å². The maximum absolute atomic E-state index is 13.1. The summed E-state index contributed by atoms with van der Waals surface area (Å²) < 4.78 is 5.16. The Morgan fingerprint density at radius 3 is 2.31 bits per heavy atom. The molecular formula is C22H26Cl2N2O3. The van der Waals surface area contributed by atoms with E-state index in [4.69, 9.17) is 27.9 Å². The van der Waals surface area contributed by atoms with Crippen molar-refractivity contribution in [1.82, 2.24) is 10.2 Å². The van der Waals surface area contributed by atoms with Crippen molar-refractivity contribution in [3.63, 3.8) is 0 Å². The molecule has 0 aliphatic heterocycles. The van der Waals surface area contributed by atoms with Crippen LogP contribution in [-0.2, 0) is 22.6 Å². The van der Waals surface area contributed by atoms with Crippen LogP contribution >= 0.6 is 23.2 Å². The summed E-state index contributed by atoms with van der Waals surface area (Å²) >= 11 is 12.1. The Bertz CT molecular complexity index is 840. The van der Waals surface area contributed by atoms with Gasteiger partial charge < -0.3 is 15.0 Å². The predicted octanol–water partition coefficient (Wildman–Crippen LogP) is 4.49. The Hall–Kier alpha value is -2.24. The van der Waals surface area contributed by atoms with Gasteiger partial charge in [-0.2, -0.15) is 0 Å². The zero-order chi connectivity index (χ0) is 21.4. The van der Waals surface area contributed by atoms with Crippen LogP contribution in [0.15, 0.2) is 42.5 Å². The molecule has 0 aromatic heterocycles. The van der Waals surface area contributed by atoms with E-state index >= 15 is 0 Å². The van der Waals surface area contributed by atoms with Crippen LogP contribution in [0.25, 0.3) is 0 Å². The molecule has 0 radical (unpaired) electrons. The van der Waals surface area contributed by atoms with E-state index in [1.807, 2.05) is 31.2 Å². The van der Waals surface area contributed by atoms with Crippen molar-refractivity contribution < 1.29 is 14.3 Å². The fourth-order valence-electron chi connectivity index (χ4n) is 2.83. The van der Waals surface area contributed by atoms with Crippen LogP contribution in [0.1, 0.15) is 31.4 Å². The van der Waals surface area contributed by atoms with Gasteiger partial charge in [-0.15, -0.1) is 0 Å². The van der Waals surface area contributed by atoms with Crippen LogP contribution in [0.5, 0.6) is 5.75 Å². The average Bonchev–Trinajstić information content (AvgIpc) is 2.72. The number of amides is 2. The van der Waals surface area contributed by atoms with Crippen LogP contribution in [0, 0.1) is 0 Å². The van der Waals surface area contributed by atoms with Crippen LogP contribution in [0.3, 0.4) is 0 Å². The second kappa shape index (κ2) is 11.1. The Labute approximate surface area is 181 Å². The summed E-state index contributed by atoms with van der Waals surface area (Å²) in [5, 5.41) is 3.71. The lowest BCUT2D eigenvalue weighted by Gasteiger charge is -2.29. The van der Waals surface area contributed by atoms with Crippen LogP contribution in [0.4, 0.5) is 0 Å². The molecule has 0 aliphatic carbocycles. The van der Waals surface area contributed by atoms with Gasteiger partial charge in [0.1, 0.15) is 11.8 Å². The second-order valence-electron chi connectivity index (χ2n) is 6.76. The van der Waals surface area contributed by atoms with E-state index in [1.165, 1.54) is 0 Å². The predicted molar refractivity (Wildman–Crippen MR) is 116 cm³/mol. The standard InChI is InChI=1S/C22H26Cl2N2O3/c1-4-11-25-22(28)15(2)26(14-17-7-10-19(23)20(24)12-17)21(27)13-16-5-8-18(29-3)9-6-16/h5-10,12,15H,4,11,13-14H2,1-3H3,(H,25,28). The van der Waals surface area contributed by atoms with Gasteiger partial charge >= 0.3 is 0 Å². The summed E-state index contributed by atoms with van der Waals surface area (Å²) in [5.74, 6) is 0.386. The SMILES string of the molecule is CCCNC(=O)C(C)N(Cc1ccc(Cl)c(Cl)c1)C(=O)Cc1ccc(OC)cc1. The van der Waals surface area contributed by atoms with Gasteiger partial charge in [0.2, 0.25) is 11.8 Å². The van der Waals surface area contributed by atoms with Gasteiger partial charge in [0.25, 0.3) is 0 Å². The molecule has 0 saturated carbocycles. The van der Waals surface area contributed by atoms with Crippen molar-refractivity contribution in [1.29, 1.82) is 0 Å². The number of carbonyl (C=O) groups is 2. The molecule has 1 unspecified atom stereocenters. The molecule has 0 saturated heterocycles. The van der Waals surface area contributed by atoms with Gasteiger partial charge in [0, 0.05) is 13.1 Å². The summed E-state index contributed by atoms with van der Waals surface area (Å²) in [6.07, 6.45) is 1.00. The summed E-state index contributed by atoms with van der Waals surface area (Å²) in [6, 6.07) is 11.9. The minimum Gasteiger partial charge on any atom is -0.497 e. The molecule has 5 nitrogen and oxygen atoms in total.